The van der Waals surface area contributed by atoms with Gasteiger partial charge in [0.1, 0.15) is 11.6 Å². The summed E-state index contributed by atoms with van der Waals surface area (Å²) in [6, 6.07) is 2.07. The summed E-state index contributed by atoms with van der Waals surface area (Å²) in [5.74, 6) is 1.26. The van der Waals surface area contributed by atoms with Gasteiger partial charge in [-0.3, -0.25) is 4.68 Å². The van der Waals surface area contributed by atoms with Crippen molar-refractivity contribution in [3.63, 3.8) is 0 Å². The average Bonchev–Trinajstić information content (AvgIpc) is 2.63. The first kappa shape index (κ1) is 11.6. The topological polar surface area (TPSA) is 69.6 Å². The SMILES string of the molecule is CCn1nc(C)cc1Cc1cnc(C)nc1N. The molecule has 17 heavy (non-hydrogen) atoms. The molecule has 2 N–H and O–H groups in total. The third-order valence-electron chi connectivity index (χ3n) is 2.68. The van der Waals surface area contributed by atoms with Gasteiger partial charge in [-0.2, -0.15) is 5.10 Å². The van der Waals surface area contributed by atoms with Crippen LogP contribution in [0.25, 0.3) is 0 Å². The van der Waals surface area contributed by atoms with E-state index < -0.39 is 0 Å². The van der Waals surface area contributed by atoms with Crippen LogP contribution in [0.5, 0.6) is 0 Å². The second-order valence-corrected chi connectivity index (χ2v) is 4.10. The van der Waals surface area contributed by atoms with E-state index >= 15 is 0 Å². The molecule has 5 nitrogen and oxygen atoms in total. The molecular weight excluding hydrogens is 214 g/mol. The molecule has 2 heterocycles. The summed E-state index contributed by atoms with van der Waals surface area (Å²) in [7, 11) is 0. The minimum atomic E-state index is 0.555. The highest BCUT2D eigenvalue weighted by molar-refractivity contribution is 5.40. The van der Waals surface area contributed by atoms with Gasteiger partial charge in [-0.05, 0) is 26.8 Å². The molecule has 2 aromatic rings. The normalized spacial score (nSPS) is 10.8. The molecule has 5 heteroatoms. The first-order chi connectivity index (χ1) is 8.10. The highest BCUT2D eigenvalue weighted by atomic mass is 15.3. The molecule has 2 aromatic heterocycles. The molecule has 0 aromatic carbocycles. The van der Waals surface area contributed by atoms with E-state index in [0.29, 0.717) is 11.6 Å². The molecular formula is C12H17N5. The van der Waals surface area contributed by atoms with Gasteiger partial charge in [0.25, 0.3) is 0 Å². The zero-order chi connectivity index (χ0) is 12.4. The quantitative estimate of drug-likeness (QED) is 0.868. The largest absolute Gasteiger partial charge is 0.383 e. The Balaban J connectivity index is 2.30. The van der Waals surface area contributed by atoms with Crippen LogP contribution in [0.2, 0.25) is 0 Å². The first-order valence-electron chi connectivity index (χ1n) is 5.71. The van der Waals surface area contributed by atoms with Crippen LogP contribution in [0.1, 0.15) is 29.7 Å². The second-order valence-electron chi connectivity index (χ2n) is 4.10. The lowest BCUT2D eigenvalue weighted by molar-refractivity contribution is 0.624. The maximum Gasteiger partial charge on any atom is 0.130 e. The number of rotatable bonds is 3. The van der Waals surface area contributed by atoms with Crippen LogP contribution in [-0.4, -0.2) is 19.7 Å². The van der Waals surface area contributed by atoms with Crippen LogP contribution in [0.4, 0.5) is 5.82 Å². The molecule has 0 unspecified atom stereocenters. The monoisotopic (exact) mass is 231 g/mol. The van der Waals surface area contributed by atoms with Crippen molar-refractivity contribution in [2.45, 2.75) is 33.7 Å². The average molecular weight is 231 g/mol. The van der Waals surface area contributed by atoms with Crippen molar-refractivity contribution in [1.29, 1.82) is 0 Å². The van der Waals surface area contributed by atoms with Gasteiger partial charge < -0.3 is 5.73 Å². The zero-order valence-corrected chi connectivity index (χ0v) is 10.4. The van der Waals surface area contributed by atoms with Gasteiger partial charge >= 0.3 is 0 Å². The van der Waals surface area contributed by atoms with Gasteiger partial charge in [0, 0.05) is 30.4 Å². The maximum atomic E-state index is 5.89. The van der Waals surface area contributed by atoms with Crippen molar-refractivity contribution < 1.29 is 0 Å². The van der Waals surface area contributed by atoms with Gasteiger partial charge in [-0.25, -0.2) is 9.97 Å². The van der Waals surface area contributed by atoms with Gasteiger partial charge in [0.2, 0.25) is 0 Å². The van der Waals surface area contributed by atoms with E-state index in [-0.39, 0.29) is 0 Å². The predicted molar refractivity (Wildman–Crippen MR) is 66.6 cm³/mol. The summed E-state index contributed by atoms with van der Waals surface area (Å²) >= 11 is 0. The summed E-state index contributed by atoms with van der Waals surface area (Å²) in [5.41, 5.74) is 9.00. The van der Waals surface area contributed by atoms with Crippen molar-refractivity contribution >= 4 is 5.82 Å². The first-order valence-corrected chi connectivity index (χ1v) is 5.71. The van der Waals surface area contributed by atoms with E-state index in [9.17, 15) is 0 Å². The molecule has 0 aliphatic carbocycles. The standard InChI is InChI=1S/C12H17N5/c1-4-17-11(5-8(2)16-17)6-10-7-14-9(3)15-12(10)13/h5,7H,4,6H2,1-3H3,(H2,13,14,15). The lowest BCUT2D eigenvalue weighted by atomic mass is 10.1. The molecule has 0 bridgehead atoms. The fraction of sp³-hybridized carbons (Fsp3) is 0.417. The Kier molecular flexibility index (Phi) is 3.08. The van der Waals surface area contributed by atoms with Crippen LogP contribution < -0.4 is 5.73 Å². The van der Waals surface area contributed by atoms with Crippen molar-refractivity contribution in [3.05, 3.63) is 35.0 Å². The maximum absolute atomic E-state index is 5.89. The minimum Gasteiger partial charge on any atom is -0.383 e. The number of hydrogen-bond acceptors (Lipinski definition) is 4. The Morgan fingerprint density at radius 2 is 2.12 bits per heavy atom. The van der Waals surface area contributed by atoms with Gasteiger partial charge in [0.15, 0.2) is 0 Å². The van der Waals surface area contributed by atoms with Crippen LogP contribution in [0.15, 0.2) is 12.3 Å². The van der Waals surface area contributed by atoms with Gasteiger partial charge in [-0.15, -0.1) is 0 Å². The molecule has 0 atom stereocenters. The van der Waals surface area contributed by atoms with E-state index in [4.69, 9.17) is 5.73 Å². The van der Waals surface area contributed by atoms with Crippen molar-refractivity contribution in [2.75, 3.05) is 5.73 Å². The molecule has 0 spiro atoms. The Labute approximate surface area is 101 Å². The Bertz CT molecular complexity index is 530. The lowest BCUT2D eigenvalue weighted by Crippen LogP contribution is -2.07. The molecule has 0 aliphatic rings. The molecule has 90 valence electrons. The van der Waals surface area contributed by atoms with E-state index in [1.54, 1.807) is 6.20 Å². The number of hydrogen-bond donors (Lipinski definition) is 1. The summed E-state index contributed by atoms with van der Waals surface area (Å²) in [6.07, 6.45) is 2.51. The Hall–Kier alpha value is -1.91. The molecule has 0 saturated heterocycles. The molecule has 0 saturated carbocycles. The Morgan fingerprint density at radius 1 is 1.35 bits per heavy atom. The second kappa shape index (κ2) is 4.53. The Morgan fingerprint density at radius 3 is 2.76 bits per heavy atom. The number of nitrogens with two attached hydrogens (primary N) is 1. The third-order valence-corrected chi connectivity index (χ3v) is 2.68. The number of nitrogen functional groups attached to an aromatic ring is 1. The van der Waals surface area contributed by atoms with Crippen molar-refractivity contribution in [1.82, 2.24) is 19.7 Å². The summed E-state index contributed by atoms with van der Waals surface area (Å²) in [4.78, 5) is 8.35. The van der Waals surface area contributed by atoms with Crippen molar-refractivity contribution in [3.8, 4) is 0 Å². The molecule has 2 rings (SSSR count). The lowest BCUT2D eigenvalue weighted by Gasteiger charge is -2.06. The fourth-order valence-electron chi connectivity index (χ4n) is 1.86. The van der Waals surface area contributed by atoms with E-state index in [2.05, 4.69) is 28.1 Å². The number of aryl methyl sites for hydroxylation is 3. The van der Waals surface area contributed by atoms with Crippen LogP contribution in [0, 0.1) is 13.8 Å². The van der Waals surface area contributed by atoms with Crippen LogP contribution >= 0.6 is 0 Å². The summed E-state index contributed by atoms with van der Waals surface area (Å²) in [5, 5.41) is 4.41. The summed E-state index contributed by atoms with van der Waals surface area (Å²) in [6.45, 7) is 6.76. The fourth-order valence-corrected chi connectivity index (χ4v) is 1.86. The molecule has 0 aliphatic heterocycles. The smallest absolute Gasteiger partial charge is 0.130 e. The third kappa shape index (κ3) is 2.43. The summed E-state index contributed by atoms with van der Waals surface area (Å²) < 4.78 is 1.98. The van der Waals surface area contributed by atoms with Crippen LogP contribution in [0.3, 0.4) is 0 Å². The van der Waals surface area contributed by atoms with Crippen molar-refractivity contribution in [2.24, 2.45) is 0 Å². The molecule has 0 amide bonds. The molecule has 0 fully saturated rings. The molecule has 0 radical (unpaired) electrons. The number of nitrogens with zero attached hydrogens (tertiary/aromatic N) is 4. The number of aromatic nitrogens is 4. The highest BCUT2D eigenvalue weighted by Gasteiger charge is 2.08. The van der Waals surface area contributed by atoms with E-state index in [1.807, 2.05) is 18.5 Å². The minimum absolute atomic E-state index is 0.555. The van der Waals surface area contributed by atoms with Crippen LogP contribution in [-0.2, 0) is 13.0 Å². The van der Waals surface area contributed by atoms with Gasteiger partial charge in [0.05, 0.1) is 5.69 Å². The number of anilines is 1. The van der Waals surface area contributed by atoms with E-state index in [0.717, 1.165) is 29.9 Å². The van der Waals surface area contributed by atoms with Gasteiger partial charge in [-0.1, -0.05) is 0 Å². The van der Waals surface area contributed by atoms with E-state index in [1.165, 1.54) is 0 Å². The highest BCUT2D eigenvalue weighted by Crippen LogP contribution is 2.14. The zero-order valence-electron chi connectivity index (χ0n) is 10.4. The predicted octanol–water partition coefficient (Wildman–Crippen LogP) is 1.48.